The molecule has 3 aliphatic rings. The van der Waals surface area contributed by atoms with Gasteiger partial charge < -0.3 is 10.2 Å². The van der Waals surface area contributed by atoms with E-state index in [0.717, 1.165) is 46.0 Å². The number of hydrogen-bond donors (Lipinski definition) is 1. The van der Waals surface area contributed by atoms with Crippen molar-refractivity contribution in [2.45, 2.75) is 38.8 Å². The molecule has 1 aliphatic carbocycles. The van der Waals surface area contributed by atoms with Gasteiger partial charge in [0.05, 0.1) is 12.3 Å². The number of rotatable bonds is 2. The number of carbonyl (C=O) groups is 2. The molecule has 3 heterocycles. The van der Waals surface area contributed by atoms with Crippen molar-refractivity contribution in [1.29, 1.82) is 0 Å². The molecule has 5 nitrogen and oxygen atoms in total. The maximum atomic E-state index is 12.5. The average Bonchev–Trinajstić information content (AvgIpc) is 3.48. The Hall–Kier alpha value is -2.18. The van der Waals surface area contributed by atoms with Gasteiger partial charge in [-0.25, -0.2) is 0 Å². The third kappa shape index (κ3) is 2.95. The highest BCUT2D eigenvalue weighted by atomic mass is 35.5. The van der Waals surface area contributed by atoms with Crippen LogP contribution >= 0.6 is 22.9 Å². The molecule has 1 saturated carbocycles. The number of hydrogen-bond acceptors (Lipinski definition) is 4. The van der Waals surface area contributed by atoms with Crippen LogP contribution in [0.4, 0.5) is 5.00 Å². The Bertz CT molecular complexity index is 1020. The molecule has 0 saturated heterocycles. The van der Waals surface area contributed by atoms with E-state index in [1.54, 1.807) is 18.3 Å². The number of benzene rings is 1. The lowest BCUT2D eigenvalue weighted by atomic mass is 9.95. The zero-order chi connectivity index (χ0) is 19.4. The van der Waals surface area contributed by atoms with E-state index in [0.29, 0.717) is 18.1 Å². The SMILES string of the molecule is CC1N=C(c2ccccc2Cl)c2c(sc3c2CCN(C(=O)C2CC2)C3)NC1=O. The molecule has 1 N–H and O–H groups in total. The van der Waals surface area contributed by atoms with Gasteiger partial charge in [0.15, 0.2) is 0 Å². The molecule has 0 bridgehead atoms. The minimum atomic E-state index is -0.488. The molecule has 1 aromatic heterocycles. The van der Waals surface area contributed by atoms with Gasteiger partial charge in [-0.1, -0.05) is 29.8 Å². The summed E-state index contributed by atoms with van der Waals surface area (Å²) >= 11 is 8.05. The van der Waals surface area contributed by atoms with Crippen molar-refractivity contribution < 1.29 is 9.59 Å². The maximum Gasteiger partial charge on any atom is 0.249 e. The number of halogens is 1. The average molecular weight is 414 g/mol. The topological polar surface area (TPSA) is 61.8 Å². The fourth-order valence-electron chi connectivity index (χ4n) is 3.91. The number of fused-ring (bicyclic) bond motifs is 3. The van der Waals surface area contributed by atoms with Crippen LogP contribution in [0.3, 0.4) is 0 Å². The lowest BCUT2D eigenvalue weighted by Gasteiger charge is -2.27. The second kappa shape index (κ2) is 6.71. The highest BCUT2D eigenvalue weighted by molar-refractivity contribution is 7.17. The van der Waals surface area contributed by atoms with Crippen molar-refractivity contribution in [2.75, 3.05) is 11.9 Å². The van der Waals surface area contributed by atoms with Crippen molar-refractivity contribution in [3.63, 3.8) is 0 Å². The van der Waals surface area contributed by atoms with Gasteiger partial charge in [0.25, 0.3) is 0 Å². The van der Waals surface area contributed by atoms with Crippen LogP contribution in [0, 0.1) is 5.92 Å². The molecule has 1 fully saturated rings. The Morgan fingerprint density at radius 3 is 2.86 bits per heavy atom. The lowest BCUT2D eigenvalue weighted by molar-refractivity contribution is -0.133. The largest absolute Gasteiger partial charge is 0.337 e. The number of thiophene rings is 1. The first-order chi connectivity index (χ1) is 13.5. The Morgan fingerprint density at radius 1 is 1.32 bits per heavy atom. The summed E-state index contributed by atoms with van der Waals surface area (Å²) in [5.74, 6) is 0.375. The van der Waals surface area contributed by atoms with Crippen LogP contribution in [-0.4, -0.2) is 35.0 Å². The third-order valence-electron chi connectivity index (χ3n) is 5.60. The van der Waals surface area contributed by atoms with Gasteiger partial charge in [0.2, 0.25) is 11.8 Å². The second-order valence-electron chi connectivity index (χ2n) is 7.61. The number of amides is 2. The highest BCUT2D eigenvalue weighted by Crippen LogP contribution is 2.42. The quantitative estimate of drug-likeness (QED) is 0.812. The van der Waals surface area contributed by atoms with Crippen LogP contribution in [0.1, 0.15) is 41.3 Å². The van der Waals surface area contributed by atoms with Crippen molar-refractivity contribution in [1.82, 2.24) is 4.90 Å². The van der Waals surface area contributed by atoms with E-state index in [4.69, 9.17) is 16.6 Å². The minimum Gasteiger partial charge on any atom is -0.337 e. The molecular formula is C21H20ClN3O2S. The fourth-order valence-corrected chi connectivity index (χ4v) is 5.40. The molecule has 5 rings (SSSR count). The van der Waals surface area contributed by atoms with Crippen LogP contribution in [0.25, 0.3) is 0 Å². The summed E-state index contributed by atoms with van der Waals surface area (Å²) in [5, 5.41) is 4.48. The molecule has 2 aromatic rings. The summed E-state index contributed by atoms with van der Waals surface area (Å²) in [4.78, 5) is 32.9. The molecule has 0 spiro atoms. The molecule has 28 heavy (non-hydrogen) atoms. The molecule has 2 aliphatic heterocycles. The predicted octanol–water partition coefficient (Wildman–Crippen LogP) is 3.87. The first-order valence-corrected chi connectivity index (χ1v) is 10.8. The van der Waals surface area contributed by atoms with Gasteiger partial charge in [-0.3, -0.25) is 14.6 Å². The van der Waals surface area contributed by atoms with Crippen LogP contribution in [0.2, 0.25) is 5.02 Å². The minimum absolute atomic E-state index is 0.118. The van der Waals surface area contributed by atoms with Gasteiger partial charge in [0, 0.05) is 33.5 Å². The Kier molecular flexibility index (Phi) is 4.29. The van der Waals surface area contributed by atoms with Gasteiger partial charge in [-0.15, -0.1) is 11.3 Å². The summed E-state index contributed by atoms with van der Waals surface area (Å²) < 4.78 is 0. The lowest BCUT2D eigenvalue weighted by Crippen LogP contribution is -2.36. The summed E-state index contributed by atoms with van der Waals surface area (Å²) in [6, 6.07) is 7.13. The summed E-state index contributed by atoms with van der Waals surface area (Å²) in [6.45, 7) is 3.12. The summed E-state index contributed by atoms with van der Waals surface area (Å²) in [6.07, 6.45) is 2.80. The number of nitrogens with zero attached hydrogens (tertiary/aromatic N) is 2. The second-order valence-corrected chi connectivity index (χ2v) is 9.13. The number of carbonyl (C=O) groups excluding carboxylic acids is 2. The number of aliphatic imine (C=N–C) groups is 1. The van der Waals surface area contributed by atoms with Gasteiger partial charge in [-0.2, -0.15) is 0 Å². The normalized spacial score (nSPS) is 21.4. The standard InChI is InChI=1S/C21H20ClN3O2S/c1-11-19(26)24-20-17(18(23-11)13-4-2-3-5-15(13)22)14-8-9-25(10-16(14)28-20)21(27)12-6-7-12/h2-5,11-12H,6-10H2,1H3,(H,24,26). The van der Waals surface area contributed by atoms with Gasteiger partial charge in [0.1, 0.15) is 11.0 Å². The molecular weight excluding hydrogens is 394 g/mol. The third-order valence-corrected chi connectivity index (χ3v) is 7.06. The van der Waals surface area contributed by atoms with E-state index >= 15 is 0 Å². The zero-order valence-corrected chi connectivity index (χ0v) is 17.1. The summed E-state index contributed by atoms with van der Waals surface area (Å²) in [5.41, 5.74) is 3.77. The smallest absolute Gasteiger partial charge is 0.249 e. The molecule has 1 aromatic carbocycles. The molecule has 144 valence electrons. The first-order valence-electron chi connectivity index (χ1n) is 9.60. The Labute approximate surface area is 172 Å². The summed E-state index contributed by atoms with van der Waals surface area (Å²) in [7, 11) is 0. The van der Waals surface area contributed by atoms with Crippen LogP contribution in [0.15, 0.2) is 29.3 Å². The van der Waals surface area contributed by atoms with E-state index < -0.39 is 6.04 Å². The Morgan fingerprint density at radius 2 is 2.11 bits per heavy atom. The van der Waals surface area contributed by atoms with Crippen molar-refractivity contribution >= 4 is 45.5 Å². The van der Waals surface area contributed by atoms with Crippen LogP contribution in [0.5, 0.6) is 0 Å². The predicted molar refractivity (Wildman–Crippen MR) is 111 cm³/mol. The van der Waals surface area contributed by atoms with Crippen molar-refractivity contribution in [3.05, 3.63) is 50.9 Å². The van der Waals surface area contributed by atoms with Crippen molar-refractivity contribution in [2.24, 2.45) is 10.9 Å². The van der Waals surface area contributed by atoms with E-state index in [-0.39, 0.29) is 17.7 Å². The van der Waals surface area contributed by atoms with Gasteiger partial charge in [-0.05, 0) is 37.8 Å². The molecule has 0 radical (unpaired) electrons. The Balaban J connectivity index is 1.61. The highest BCUT2D eigenvalue weighted by Gasteiger charge is 2.37. The fraction of sp³-hybridized carbons (Fsp3) is 0.381. The first kappa shape index (κ1) is 17.9. The molecule has 7 heteroatoms. The maximum absolute atomic E-state index is 12.5. The molecule has 1 unspecified atom stereocenters. The van der Waals surface area contributed by atoms with E-state index in [1.165, 1.54) is 5.56 Å². The van der Waals surface area contributed by atoms with Crippen LogP contribution in [-0.2, 0) is 22.6 Å². The van der Waals surface area contributed by atoms with E-state index in [1.807, 2.05) is 29.2 Å². The zero-order valence-electron chi connectivity index (χ0n) is 15.5. The number of nitrogens with one attached hydrogen (secondary N) is 1. The van der Waals surface area contributed by atoms with Crippen molar-refractivity contribution in [3.8, 4) is 0 Å². The van der Waals surface area contributed by atoms with Gasteiger partial charge >= 0.3 is 0 Å². The number of anilines is 1. The molecule has 1 atom stereocenters. The van der Waals surface area contributed by atoms with Crippen LogP contribution < -0.4 is 5.32 Å². The van der Waals surface area contributed by atoms with E-state index in [9.17, 15) is 9.59 Å². The van der Waals surface area contributed by atoms with E-state index in [2.05, 4.69) is 5.32 Å². The monoisotopic (exact) mass is 413 g/mol. The molecule has 2 amide bonds.